The SMILES string of the molecule is CC[n+]1c(SCC(=O)NN=Cc2ccncc2)[nH]c2ccccc21. The lowest BCUT2D eigenvalue weighted by Crippen LogP contribution is -2.34. The van der Waals surface area contributed by atoms with Crippen LogP contribution in [0.25, 0.3) is 11.0 Å². The van der Waals surface area contributed by atoms with E-state index in [4.69, 9.17) is 0 Å². The van der Waals surface area contributed by atoms with Gasteiger partial charge in [0.2, 0.25) is 0 Å². The molecule has 0 radical (unpaired) electrons. The molecule has 0 atom stereocenters. The van der Waals surface area contributed by atoms with Gasteiger partial charge in [0.25, 0.3) is 5.91 Å². The van der Waals surface area contributed by atoms with E-state index >= 15 is 0 Å². The average Bonchev–Trinajstić information content (AvgIpc) is 2.98. The van der Waals surface area contributed by atoms with Crippen molar-refractivity contribution < 1.29 is 9.36 Å². The highest BCUT2D eigenvalue weighted by molar-refractivity contribution is 7.99. The van der Waals surface area contributed by atoms with Gasteiger partial charge in [-0.2, -0.15) is 5.10 Å². The smallest absolute Gasteiger partial charge is 0.272 e. The number of H-pyrrole nitrogens is 1. The number of carbonyl (C=O) groups excluding carboxylic acids is 1. The number of carbonyl (C=O) groups is 1. The third-order valence-electron chi connectivity index (χ3n) is 3.45. The Morgan fingerprint density at radius 3 is 2.92 bits per heavy atom. The number of aromatic amines is 1. The van der Waals surface area contributed by atoms with Crippen LogP contribution < -0.4 is 9.99 Å². The monoisotopic (exact) mass is 340 g/mol. The van der Waals surface area contributed by atoms with E-state index in [0.717, 1.165) is 28.3 Å². The molecule has 122 valence electrons. The van der Waals surface area contributed by atoms with Gasteiger partial charge in [0, 0.05) is 12.4 Å². The van der Waals surface area contributed by atoms with Gasteiger partial charge in [0.1, 0.15) is 0 Å². The van der Waals surface area contributed by atoms with E-state index in [-0.39, 0.29) is 5.91 Å². The standard InChI is InChI=1S/C17H17N5OS/c1-2-22-15-6-4-3-5-14(15)20-17(22)24-12-16(23)21-19-11-13-7-9-18-10-8-13/h3-11H,2,12H2,1H3,(H,18,21,23)/p+1. The Labute approximate surface area is 144 Å². The molecule has 7 heteroatoms. The fourth-order valence-corrected chi connectivity index (χ4v) is 3.23. The number of hydrogen-bond donors (Lipinski definition) is 2. The molecule has 3 rings (SSSR count). The van der Waals surface area contributed by atoms with Gasteiger partial charge in [-0.05, 0) is 48.5 Å². The van der Waals surface area contributed by atoms with Crippen LogP contribution >= 0.6 is 11.8 Å². The lowest BCUT2D eigenvalue weighted by atomic mass is 10.3. The van der Waals surface area contributed by atoms with Crippen molar-refractivity contribution in [2.75, 3.05) is 5.75 Å². The summed E-state index contributed by atoms with van der Waals surface area (Å²) in [5, 5.41) is 4.92. The molecular weight excluding hydrogens is 322 g/mol. The number of fused-ring (bicyclic) bond motifs is 1. The van der Waals surface area contributed by atoms with Crippen molar-refractivity contribution in [3.05, 3.63) is 54.4 Å². The molecule has 24 heavy (non-hydrogen) atoms. The lowest BCUT2D eigenvalue weighted by Gasteiger charge is -1.99. The summed E-state index contributed by atoms with van der Waals surface area (Å²) in [5.74, 6) is 0.146. The van der Waals surface area contributed by atoms with E-state index in [1.165, 1.54) is 11.8 Å². The number of aromatic nitrogens is 3. The number of para-hydroxylation sites is 2. The van der Waals surface area contributed by atoms with Crippen LogP contribution in [-0.2, 0) is 11.3 Å². The minimum atomic E-state index is -0.147. The molecule has 0 aliphatic heterocycles. The summed E-state index contributed by atoms with van der Waals surface area (Å²) in [6, 6.07) is 11.7. The molecule has 0 spiro atoms. The summed E-state index contributed by atoms with van der Waals surface area (Å²) >= 11 is 1.46. The van der Waals surface area contributed by atoms with Gasteiger partial charge in [0.15, 0.2) is 11.0 Å². The largest absolute Gasteiger partial charge is 0.317 e. The summed E-state index contributed by atoms with van der Waals surface area (Å²) in [5.41, 5.74) is 5.63. The van der Waals surface area contributed by atoms with E-state index in [2.05, 4.69) is 38.1 Å². The van der Waals surface area contributed by atoms with E-state index in [0.29, 0.717) is 5.75 Å². The Hall–Kier alpha value is -2.67. The van der Waals surface area contributed by atoms with Crippen molar-refractivity contribution >= 4 is 34.9 Å². The highest BCUT2D eigenvalue weighted by Gasteiger charge is 2.18. The quantitative estimate of drug-likeness (QED) is 0.312. The summed E-state index contributed by atoms with van der Waals surface area (Å²) in [6.45, 7) is 2.93. The molecule has 2 aromatic heterocycles. The van der Waals surface area contributed by atoms with Crippen molar-refractivity contribution in [2.45, 2.75) is 18.6 Å². The zero-order valence-corrected chi connectivity index (χ0v) is 14.1. The van der Waals surface area contributed by atoms with E-state index in [1.54, 1.807) is 18.6 Å². The van der Waals surface area contributed by atoms with Crippen LogP contribution in [0.2, 0.25) is 0 Å². The maximum absolute atomic E-state index is 11.9. The van der Waals surface area contributed by atoms with Crippen molar-refractivity contribution in [1.82, 2.24) is 15.4 Å². The van der Waals surface area contributed by atoms with Gasteiger partial charge in [-0.15, -0.1) is 0 Å². The van der Waals surface area contributed by atoms with Crippen molar-refractivity contribution in [3.63, 3.8) is 0 Å². The van der Waals surface area contributed by atoms with Gasteiger partial charge in [-0.1, -0.05) is 12.1 Å². The zero-order valence-electron chi connectivity index (χ0n) is 13.3. The molecule has 6 nitrogen and oxygen atoms in total. The molecule has 2 N–H and O–H groups in total. The first-order chi connectivity index (χ1) is 11.8. The first-order valence-corrected chi connectivity index (χ1v) is 8.61. The van der Waals surface area contributed by atoms with Crippen LogP contribution in [0.15, 0.2) is 59.0 Å². The number of amides is 1. The first-order valence-electron chi connectivity index (χ1n) is 7.63. The number of pyridine rings is 1. The topological polar surface area (TPSA) is 74.0 Å². The highest BCUT2D eigenvalue weighted by Crippen LogP contribution is 2.17. The fourth-order valence-electron chi connectivity index (χ4n) is 2.33. The number of aryl methyl sites for hydroxylation is 1. The zero-order chi connectivity index (χ0) is 16.8. The van der Waals surface area contributed by atoms with Gasteiger partial charge in [0.05, 0.1) is 18.5 Å². The minimum absolute atomic E-state index is 0.147. The lowest BCUT2D eigenvalue weighted by molar-refractivity contribution is -0.705. The van der Waals surface area contributed by atoms with Crippen LogP contribution in [-0.4, -0.2) is 27.8 Å². The molecule has 1 amide bonds. The molecule has 0 aliphatic rings. The van der Waals surface area contributed by atoms with Crippen LogP contribution in [0, 0.1) is 0 Å². The number of hydrazone groups is 1. The molecule has 0 saturated carbocycles. The number of hydrogen-bond acceptors (Lipinski definition) is 4. The molecule has 0 bridgehead atoms. The second kappa shape index (κ2) is 7.74. The van der Waals surface area contributed by atoms with Gasteiger partial charge < -0.3 is 0 Å². The third kappa shape index (κ3) is 3.80. The van der Waals surface area contributed by atoms with Crippen LogP contribution in [0.1, 0.15) is 12.5 Å². The van der Waals surface area contributed by atoms with Crippen LogP contribution in [0.3, 0.4) is 0 Å². The molecular formula is C17H18N5OS+. The van der Waals surface area contributed by atoms with Gasteiger partial charge in [-0.25, -0.2) is 15.0 Å². The maximum atomic E-state index is 11.9. The van der Waals surface area contributed by atoms with E-state index < -0.39 is 0 Å². The Bertz CT molecular complexity index is 860. The highest BCUT2D eigenvalue weighted by atomic mass is 32.2. The number of nitrogens with one attached hydrogen (secondary N) is 2. The van der Waals surface area contributed by atoms with Gasteiger partial charge >= 0.3 is 5.16 Å². The summed E-state index contributed by atoms with van der Waals surface area (Å²) in [7, 11) is 0. The maximum Gasteiger partial charge on any atom is 0.317 e. The molecule has 1 aromatic carbocycles. The van der Waals surface area contributed by atoms with Crippen molar-refractivity contribution in [1.29, 1.82) is 0 Å². The summed E-state index contributed by atoms with van der Waals surface area (Å²) < 4.78 is 2.16. The van der Waals surface area contributed by atoms with E-state index in [1.807, 2.05) is 30.3 Å². The molecule has 0 aliphatic carbocycles. The second-order valence-corrected chi connectivity index (χ2v) is 6.02. The average molecular weight is 340 g/mol. The molecule has 0 saturated heterocycles. The molecule has 2 heterocycles. The number of thioether (sulfide) groups is 1. The van der Waals surface area contributed by atoms with Gasteiger partial charge in [-0.3, -0.25) is 9.78 Å². The number of benzene rings is 1. The van der Waals surface area contributed by atoms with Crippen LogP contribution in [0.4, 0.5) is 0 Å². The predicted octanol–water partition coefficient (Wildman–Crippen LogP) is 2.11. The Balaban J connectivity index is 1.59. The van der Waals surface area contributed by atoms with Crippen LogP contribution in [0.5, 0.6) is 0 Å². The Kier molecular flexibility index (Phi) is 5.22. The Morgan fingerprint density at radius 1 is 1.33 bits per heavy atom. The van der Waals surface area contributed by atoms with Crippen molar-refractivity contribution in [2.24, 2.45) is 5.10 Å². The first kappa shape index (κ1) is 16.2. The Morgan fingerprint density at radius 2 is 2.12 bits per heavy atom. The second-order valence-electron chi connectivity index (χ2n) is 5.05. The number of imidazole rings is 1. The molecule has 0 unspecified atom stereocenters. The number of nitrogens with zero attached hydrogens (tertiary/aromatic N) is 3. The fraction of sp³-hybridized carbons (Fsp3) is 0.176. The minimum Gasteiger partial charge on any atom is -0.272 e. The summed E-state index contributed by atoms with van der Waals surface area (Å²) in [4.78, 5) is 19.2. The normalized spacial score (nSPS) is 11.2. The number of rotatable bonds is 6. The third-order valence-corrected chi connectivity index (χ3v) is 4.45. The molecule has 0 fully saturated rings. The van der Waals surface area contributed by atoms with E-state index in [9.17, 15) is 4.79 Å². The molecule has 3 aromatic rings. The van der Waals surface area contributed by atoms with Crippen molar-refractivity contribution in [3.8, 4) is 0 Å². The predicted molar refractivity (Wildman–Crippen MR) is 94.9 cm³/mol. The summed E-state index contributed by atoms with van der Waals surface area (Å²) in [6.07, 6.45) is 4.95.